The molecular weight excluding hydrogens is 489 g/mol. The van der Waals surface area contributed by atoms with Gasteiger partial charge in [0.2, 0.25) is 5.78 Å². The zero-order valence-electron chi connectivity index (χ0n) is 23.3. The summed E-state index contributed by atoms with van der Waals surface area (Å²) in [4.78, 5) is 13.5. The number of hydrogen-bond donors (Lipinski definition) is 0. The smallest absolute Gasteiger partial charge is 0.261 e. The van der Waals surface area contributed by atoms with Crippen LogP contribution in [0.1, 0.15) is 26.3 Å². The quantitative estimate of drug-likeness (QED) is 0.257. The van der Waals surface area contributed by atoms with Crippen molar-refractivity contribution in [3.8, 4) is 17.2 Å². The molecule has 0 bridgehead atoms. The molecule has 0 amide bonds. The Labute approximate surface area is 225 Å². The molecule has 0 aliphatic heterocycles. The normalized spacial score (nSPS) is 12.8. The van der Waals surface area contributed by atoms with Gasteiger partial charge in [-0.2, -0.15) is 0 Å². The van der Waals surface area contributed by atoms with Gasteiger partial charge in [0, 0.05) is 6.61 Å². The highest BCUT2D eigenvalue weighted by Crippen LogP contribution is 2.37. The van der Waals surface area contributed by atoms with Crippen LogP contribution in [0, 0.1) is 17.4 Å². The standard InChI is InChI=1S/C32H40O3Si2/c1-32(2,3)37(29-14-10-8-11-15-29,30-16-12-9-13-17-30)35-25-27(31(33)22-23-36(5,6)7)24-26-18-20-28(34-4)21-19-26/h8-21,27H,24-25H2,1-7H3/t27-/m0/s1. The third-order valence-electron chi connectivity index (χ3n) is 6.49. The number of ketones is 1. The van der Waals surface area contributed by atoms with Crippen LogP contribution in [0.5, 0.6) is 5.75 Å². The van der Waals surface area contributed by atoms with Gasteiger partial charge in [0.1, 0.15) is 13.8 Å². The first-order valence-corrected chi connectivity index (χ1v) is 18.3. The van der Waals surface area contributed by atoms with Crippen LogP contribution in [-0.2, 0) is 15.6 Å². The molecule has 5 heteroatoms. The van der Waals surface area contributed by atoms with Crippen molar-refractivity contribution >= 4 is 32.5 Å². The summed E-state index contributed by atoms with van der Waals surface area (Å²) >= 11 is 0. The molecule has 0 aliphatic carbocycles. The molecule has 0 aliphatic rings. The zero-order chi connectivity index (χ0) is 27.1. The average Bonchev–Trinajstić information content (AvgIpc) is 2.87. The maximum Gasteiger partial charge on any atom is 0.261 e. The molecule has 0 spiro atoms. The summed E-state index contributed by atoms with van der Waals surface area (Å²) in [5.74, 6) is 3.40. The molecule has 37 heavy (non-hydrogen) atoms. The summed E-state index contributed by atoms with van der Waals surface area (Å²) in [6.07, 6.45) is 0.571. The zero-order valence-corrected chi connectivity index (χ0v) is 25.3. The summed E-state index contributed by atoms with van der Waals surface area (Å²) in [5.41, 5.74) is 4.34. The molecule has 0 radical (unpaired) electrons. The van der Waals surface area contributed by atoms with Gasteiger partial charge < -0.3 is 9.16 Å². The summed E-state index contributed by atoms with van der Waals surface area (Å²) in [6, 6.07) is 29.0. The van der Waals surface area contributed by atoms with E-state index in [2.05, 4.69) is 100 Å². The fraction of sp³-hybridized carbons (Fsp3) is 0.344. The van der Waals surface area contributed by atoms with Crippen LogP contribution in [0.25, 0.3) is 0 Å². The van der Waals surface area contributed by atoms with Gasteiger partial charge in [-0.05, 0) is 45.4 Å². The Balaban J connectivity index is 2.04. The van der Waals surface area contributed by atoms with Gasteiger partial charge in [0.15, 0.2) is 0 Å². The van der Waals surface area contributed by atoms with E-state index in [1.54, 1.807) is 7.11 Å². The molecule has 3 rings (SSSR count). The summed E-state index contributed by atoms with van der Waals surface area (Å²) in [7, 11) is -2.80. The Bertz CT molecular complexity index is 1170. The van der Waals surface area contributed by atoms with E-state index < -0.39 is 16.4 Å². The topological polar surface area (TPSA) is 35.5 Å². The number of Topliss-reactive ketones (excluding diaryl/α,β-unsaturated/α-hetero) is 1. The fourth-order valence-corrected chi connectivity index (χ4v) is 9.72. The molecule has 0 heterocycles. The van der Waals surface area contributed by atoms with Gasteiger partial charge in [-0.3, -0.25) is 4.79 Å². The summed E-state index contributed by atoms with van der Waals surface area (Å²) < 4.78 is 12.5. The number of carbonyl (C=O) groups is 1. The van der Waals surface area contributed by atoms with Crippen LogP contribution in [0.2, 0.25) is 24.7 Å². The number of benzene rings is 3. The molecule has 3 aromatic carbocycles. The van der Waals surface area contributed by atoms with Gasteiger partial charge in [-0.15, -0.1) is 5.54 Å². The molecule has 3 nitrogen and oxygen atoms in total. The van der Waals surface area contributed by atoms with Crippen molar-refractivity contribution in [2.75, 3.05) is 13.7 Å². The van der Waals surface area contributed by atoms with Crippen LogP contribution in [-0.4, -0.2) is 35.9 Å². The van der Waals surface area contributed by atoms with E-state index in [1.165, 1.54) is 10.4 Å². The Kier molecular flexibility index (Phi) is 9.36. The van der Waals surface area contributed by atoms with Crippen molar-refractivity contribution < 1.29 is 14.0 Å². The first kappa shape index (κ1) is 28.7. The number of rotatable bonds is 9. The van der Waals surface area contributed by atoms with Gasteiger partial charge in [-0.1, -0.05) is 113 Å². The lowest BCUT2D eigenvalue weighted by molar-refractivity contribution is -0.118. The minimum atomic E-state index is -2.76. The monoisotopic (exact) mass is 528 g/mol. The molecule has 0 fully saturated rings. The summed E-state index contributed by atoms with van der Waals surface area (Å²) in [5, 5.41) is 2.25. The predicted octanol–water partition coefficient (Wildman–Crippen LogP) is 5.88. The Morgan fingerprint density at radius 1 is 0.838 bits per heavy atom. The lowest BCUT2D eigenvalue weighted by Crippen LogP contribution is -2.67. The molecule has 1 atom stereocenters. The first-order chi connectivity index (χ1) is 17.5. The Hall–Kier alpha value is -2.92. The third-order valence-corrected chi connectivity index (χ3v) is 12.4. The minimum absolute atomic E-state index is 0.0452. The van der Waals surface area contributed by atoms with Crippen LogP contribution < -0.4 is 15.1 Å². The van der Waals surface area contributed by atoms with E-state index in [4.69, 9.17) is 9.16 Å². The van der Waals surface area contributed by atoms with Crippen molar-refractivity contribution in [3.63, 3.8) is 0 Å². The van der Waals surface area contributed by atoms with E-state index in [0.717, 1.165) is 11.3 Å². The minimum Gasteiger partial charge on any atom is -0.497 e. The molecule has 0 aromatic heterocycles. The Morgan fingerprint density at radius 3 is 1.78 bits per heavy atom. The van der Waals surface area contributed by atoms with Crippen LogP contribution >= 0.6 is 0 Å². The second-order valence-electron chi connectivity index (χ2n) is 11.6. The van der Waals surface area contributed by atoms with E-state index >= 15 is 0 Å². The average molecular weight is 529 g/mol. The van der Waals surface area contributed by atoms with Crippen molar-refractivity contribution in [2.45, 2.75) is 51.9 Å². The van der Waals surface area contributed by atoms with Crippen LogP contribution in [0.4, 0.5) is 0 Å². The van der Waals surface area contributed by atoms with Crippen LogP contribution in [0.3, 0.4) is 0 Å². The number of carbonyl (C=O) groups excluding carboxylic acids is 1. The SMILES string of the molecule is COc1ccc(C[C@@H](CO[Si](c2ccccc2)(c2ccccc2)C(C)(C)C)C(=O)C#C[Si](C)(C)C)cc1. The number of methoxy groups -OCH3 is 1. The van der Waals surface area contributed by atoms with E-state index in [0.29, 0.717) is 13.0 Å². The third kappa shape index (κ3) is 7.32. The highest BCUT2D eigenvalue weighted by molar-refractivity contribution is 6.99. The maximum absolute atomic E-state index is 13.5. The van der Waals surface area contributed by atoms with Crippen molar-refractivity contribution in [2.24, 2.45) is 5.92 Å². The number of ether oxygens (including phenoxy) is 1. The largest absolute Gasteiger partial charge is 0.497 e. The van der Waals surface area contributed by atoms with Crippen molar-refractivity contribution in [1.82, 2.24) is 0 Å². The van der Waals surface area contributed by atoms with E-state index in [9.17, 15) is 4.79 Å². The lowest BCUT2D eigenvalue weighted by atomic mass is 9.96. The Morgan fingerprint density at radius 2 is 1.35 bits per heavy atom. The van der Waals surface area contributed by atoms with Gasteiger partial charge >= 0.3 is 0 Å². The highest BCUT2D eigenvalue weighted by Gasteiger charge is 2.50. The maximum atomic E-state index is 13.5. The lowest BCUT2D eigenvalue weighted by Gasteiger charge is -2.43. The molecule has 0 saturated carbocycles. The summed E-state index contributed by atoms with van der Waals surface area (Å²) in [6.45, 7) is 13.6. The highest BCUT2D eigenvalue weighted by atomic mass is 28.4. The molecule has 0 saturated heterocycles. The second kappa shape index (κ2) is 12.1. The fourth-order valence-electron chi connectivity index (χ4n) is 4.61. The van der Waals surface area contributed by atoms with Gasteiger partial charge in [0.05, 0.1) is 13.0 Å². The molecule has 194 valence electrons. The van der Waals surface area contributed by atoms with E-state index in [-0.39, 0.29) is 16.7 Å². The molecule has 0 unspecified atom stereocenters. The van der Waals surface area contributed by atoms with Crippen LogP contribution in [0.15, 0.2) is 84.9 Å². The van der Waals surface area contributed by atoms with Gasteiger partial charge in [-0.25, -0.2) is 0 Å². The molecular formula is C32H40O3Si2. The van der Waals surface area contributed by atoms with Gasteiger partial charge in [0.25, 0.3) is 8.32 Å². The second-order valence-corrected chi connectivity index (χ2v) is 20.6. The predicted molar refractivity (Wildman–Crippen MR) is 160 cm³/mol. The van der Waals surface area contributed by atoms with Crippen molar-refractivity contribution in [1.29, 1.82) is 0 Å². The molecule has 3 aromatic rings. The van der Waals surface area contributed by atoms with Crippen molar-refractivity contribution in [3.05, 3.63) is 90.5 Å². The van der Waals surface area contributed by atoms with E-state index in [1.807, 2.05) is 36.4 Å². The number of hydrogen-bond acceptors (Lipinski definition) is 3. The first-order valence-electron chi connectivity index (χ1n) is 12.9. The molecule has 0 N–H and O–H groups in total.